The van der Waals surface area contributed by atoms with Crippen LogP contribution in [-0.4, -0.2) is 26.8 Å². The Hall–Kier alpha value is -0.740. The number of unbranched alkanes of at least 4 members (excludes halogenated alkanes) is 2. The topological polar surface area (TPSA) is 30.5 Å². The van der Waals surface area contributed by atoms with Crippen LogP contribution in [0.3, 0.4) is 0 Å². The molecule has 0 radical (unpaired) electrons. The predicted molar refractivity (Wildman–Crippen MR) is 87.9 cm³/mol. The summed E-state index contributed by atoms with van der Waals surface area (Å²) in [6, 6.07) is 4.66. The highest BCUT2D eigenvalue weighted by atomic mass is 79.9. The molecule has 0 aliphatic rings. The van der Waals surface area contributed by atoms with E-state index in [1.165, 1.54) is 24.8 Å². The Morgan fingerprint density at radius 3 is 2.45 bits per heavy atom. The molecule has 0 bridgehead atoms. The summed E-state index contributed by atoms with van der Waals surface area (Å²) in [5.74, 6) is 1.70. The quantitative estimate of drug-likeness (QED) is 0.682. The molecule has 0 heterocycles. The summed E-state index contributed by atoms with van der Waals surface area (Å²) in [7, 11) is 3.37. The molecule has 0 aliphatic heterocycles. The van der Waals surface area contributed by atoms with Crippen molar-refractivity contribution in [2.75, 3.05) is 20.8 Å². The summed E-state index contributed by atoms with van der Waals surface area (Å²) < 4.78 is 11.7. The monoisotopic (exact) mass is 343 g/mol. The second kappa shape index (κ2) is 9.24. The first-order valence-corrected chi connectivity index (χ1v) is 8.02. The molecule has 0 saturated carbocycles. The van der Waals surface area contributed by atoms with Crippen molar-refractivity contribution in [3.63, 3.8) is 0 Å². The lowest BCUT2D eigenvalue weighted by molar-refractivity contribution is 0.385. The summed E-state index contributed by atoms with van der Waals surface area (Å²) in [5.41, 5.74) is 1.23. The van der Waals surface area contributed by atoms with Crippen LogP contribution in [0.5, 0.6) is 11.5 Å². The van der Waals surface area contributed by atoms with Gasteiger partial charge >= 0.3 is 0 Å². The van der Waals surface area contributed by atoms with Gasteiger partial charge in [-0.25, -0.2) is 0 Å². The molecule has 1 N–H and O–H groups in total. The van der Waals surface area contributed by atoms with Gasteiger partial charge in [-0.05, 0) is 53.4 Å². The molecule has 4 heteroatoms. The van der Waals surface area contributed by atoms with E-state index in [4.69, 9.17) is 9.47 Å². The van der Waals surface area contributed by atoms with Crippen molar-refractivity contribution in [3.8, 4) is 11.5 Å². The summed E-state index contributed by atoms with van der Waals surface area (Å²) in [6.07, 6.45) is 4.66. The lowest BCUT2D eigenvalue weighted by atomic mass is 10.1. The summed E-state index contributed by atoms with van der Waals surface area (Å²) in [5, 5.41) is 3.44. The molecule has 1 aromatic carbocycles. The minimum atomic E-state index is 0.577. The van der Waals surface area contributed by atoms with Gasteiger partial charge in [0.2, 0.25) is 0 Å². The molecule has 0 aliphatic carbocycles. The second-order valence-corrected chi connectivity index (χ2v) is 5.99. The normalized spacial score (nSPS) is 10.9. The number of hydrogen-bond acceptors (Lipinski definition) is 3. The van der Waals surface area contributed by atoms with Crippen LogP contribution < -0.4 is 14.8 Å². The maximum atomic E-state index is 5.49. The molecular weight excluding hydrogens is 318 g/mol. The first kappa shape index (κ1) is 17.3. The molecule has 3 nitrogen and oxygen atoms in total. The highest BCUT2D eigenvalue weighted by molar-refractivity contribution is 9.10. The van der Waals surface area contributed by atoms with E-state index >= 15 is 0 Å². The number of halogens is 1. The number of benzene rings is 1. The van der Waals surface area contributed by atoms with E-state index in [2.05, 4.69) is 41.2 Å². The van der Waals surface area contributed by atoms with E-state index in [0.717, 1.165) is 28.9 Å². The van der Waals surface area contributed by atoms with Gasteiger partial charge in [0, 0.05) is 6.04 Å². The van der Waals surface area contributed by atoms with Crippen LogP contribution in [-0.2, 0) is 6.42 Å². The zero-order valence-electron chi connectivity index (χ0n) is 13.0. The van der Waals surface area contributed by atoms with Gasteiger partial charge in [0.25, 0.3) is 0 Å². The van der Waals surface area contributed by atoms with Crippen LogP contribution in [0.4, 0.5) is 0 Å². The maximum absolute atomic E-state index is 5.49. The zero-order chi connectivity index (χ0) is 15.0. The number of aryl methyl sites for hydroxylation is 1. The molecule has 0 spiro atoms. The summed E-state index contributed by atoms with van der Waals surface area (Å²) in [6.45, 7) is 5.46. The first-order valence-electron chi connectivity index (χ1n) is 7.22. The molecule has 20 heavy (non-hydrogen) atoms. The molecule has 114 valence electrons. The fraction of sp³-hybridized carbons (Fsp3) is 0.625. The van der Waals surface area contributed by atoms with Crippen molar-refractivity contribution < 1.29 is 9.47 Å². The van der Waals surface area contributed by atoms with Crippen LogP contribution in [0.1, 0.15) is 38.7 Å². The standard InChI is InChI=1S/C16H26BrNO2/c1-12(2)18-11-7-5-6-8-13-9-10-14(19-3)15(17)16(13)20-4/h9-10,12,18H,5-8,11H2,1-4H3. The number of ether oxygens (including phenoxy) is 2. The zero-order valence-corrected chi connectivity index (χ0v) is 14.5. The van der Waals surface area contributed by atoms with Gasteiger partial charge in [0.15, 0.2) is 0 Å². The van der Waals surface area contributed by atoms with E-state index in [0.29, 0.717) is 6.04 Å². The third-order valence-electron chi connectivity index (χ3n) is 3.24. The molecule has 0 amide bonds. The van der Waals surface area contributed by atoms with Crippen LogP contribution in [0, 0.1) is 0 Å². The molecule has 0 fully saturated rings. The van der Waals surface area contributed by atoms with Gasteiger partial charge in [-0.1, -0.05) is 26.3 Å². The number of nitrogens with one attached hydrogen (secondary N) is 1. The minimum absolute atomic E-state index is 0.577. The van der Waals surface area contributed by atoms with Crippen molar-refractivity contribution in [2.45, 2.75) is 45.6 Å². The van der Waals surface area contributed by atoms with E-state index in [1.807, 2.05) is 6.07 Å². The average Bonchev–Trinajstić information content (AvgIpc) is 2.42. The smallest absolute Gasteiger partial charge is 0.139 e. The van der Waals surface area contributed by atoms with Crippen molar-refractivity contribution >= 4 is 15.9 Å². The third kappa shape index (κ3) is 5.33. The van der Waals surface area contributed by atoms with Crippen molar-refractivity contribution in [3.05, 3.63) is 22.2 Å². The van der Waals surface area contributed by atoms with Crippen LogP contribution in [0.15, 0.2) is 16.6 Å². The molecule has 0 atom stereocenters. The fourth-order valence-corrected chi connectivity index (χ4v) is 2.87. The van der Waals surface area contributed by atoms with Gasteiger partial charge in [-0.2, -0.15) is 0 Å². The molecule has 1 aromatic rings. The number of rotatable bonds is 9. The Kier molecular flexibility index (Phi) is 8.00. The predicted octanol–water partition coefficient (Wildman–Crippen LogP) is 4.18. The highest BCUT2D eigenvalue weighted by Gasteiger charge is 2.12. The van der Waals surface area contributed by atoms with Crippen LogP contribution in [0.25, 0.3) is 0 Å². The Morgan fingerprint density at radius 2 is 1.85 bits per heavy atom. The lowest BCUT2D eigenvalue weighted by Gasteiger charge is -2.13. The van der Waals surface area contributed by atoms with E-state index in [-0.39, 0.29) is 0 Å². The maximum Gasteiger partial charge on any atom is 0.139 e. The second-order valence-electron chi connectivity index (χ2n) is 5.19. The minimum Gasteiger partial charge on any atom is -0.495 e. The lowest BCUT2D eigenvalue weighted by Crippen LogP contribution is -2.23. The summed E-state index contributed by atoms with van der Waals surface area (Å²) in [4.78, 5) is 0. The third-order valence-corrected chi connectivity index (χ3v) is 3.99. The van der Waals surface area contributed by atoms with E-state index in [9.17, 15) is 0 Å². The van der Waals surface area contributed by atoms with Crippen LogP contribution in [0.2, 0.25) is 0 Å². The van der Waals surface area contributed by atoms with Gasteiger partial charge in [-0.15, -0.1) is 0 Å². The van der Waals surface area contributed by atoms with Gasteiger partial charge < -0.3 is 14.8 Å². The van der Waals surface area contributed by atoms with E-state index < -0.39 is 0 Å². The molecular formula is C16H26BrNO2. The molecule has 1 rings (SSSR count). The van der Waals surface area contributed by atoms with E-state index in [1.54, 1.807) is 14.2 Å². The van der Waals surface area contributed by atoms with Gasteiger partial charge in [-0.3, -0.25) is 0 Å². The first-order chi connectivity index (χ1) is 9.60. The average molecular weight is 344 g/mol. The Labute approximate surface area is 131 Å². The largest absolute Gasteiger partial charge is 0.495 e. The summed E-state index contributed by atoms with van der Waals surface area (Å²) >= 11 is 3.54. The fourth-order valence-electron chi connectivity index (χ4n) is 2.16. The Morgan fingerprint density at radius 1 is 1.10 bits per heavy atom. The van der Waals surface area contributed by atoms with Gasteiger partial charge in [0.05, 0.1) is 14.2 Å². The van der Waals surface area contributed by atoms with Crippen molar-refractivity contribution in [1.29, 1.82) is 0 Å². The Balaban J connectivity index is 2.46. The van der Waals surface area contributed by atoms with Crippen molar-refractivity contribution in [2.24, 2.45) is 0 Å². The highest BCUT2D eigenvalue weighted by Crippen LogP contribution is 2.37. The molecule has 0 unspecified atom stereocenters. The Bertz CT molecular complexity index is 408. The van der Waals surface area contributed by atoms with Gasteiger partial charge in [0.1, 0.15) is 16.0 Å². The SMILES string of the molecule is COc1ccc(CCCCCNC(C)C)c(OC)c1Br. The number of methoxy groups -OCH3 is 2. The number of hydrogen-bond donors (Lipinski definition) is 1. The molecule has 0 saturated heterocycles. The molecule has 0 aromatic heterocycles. The van der Waals surface area contributed by atoms with Crippen LogP contribution >= 0.6 is 15.9 Å². The van der Waals surface area contributed by atoms with Crippen molar-refractivity contribution in [1.82, 2.24) is 5.32 Å².